The summed E-state index contributed by atoms with van der Waals surface area (Å²) < 4.78 is 11.6. The second-order valence-electron chi connectivity index (χ2n) is 11.3. The molecule has 0 aliphatic carbocycles. The molecule has 0 heterocycles. The SMILES string of the molecule is CSCCC(=O)Oc1cc(C)c(Sc2cc(C(C)(C)C)c(OC(=O)CCSC)cc2C)cc1C(C)(C)C. The maximum atomic E-state index is 12.4. The minimum Gasteiger partial charge on any atom is -0.426 e. The third kappa shape index (κ3) is 9.29. The topological polar surface area (TPSA) is 52.6 Å². The van der Waals surface area contributed by atoms with Crippen molar-refractivity contribution in [2.45, 2.75) is 88.9 Å². The molecule has 0 unspecified atom stereocenters. The molecule has 0 aliphatic heterocycles. The van der Waals surface area contributed by atoms with Gasteiger partial charge in [-0.3, -0.25) is 9.59 Å². The molecule has 7 heteroatoms. The summed E-state index contributed by atoms with van der Waals surface area (Å²) in [4.78, 5) is 27.0. The van der Waals surface area contributed by atoms with Crippen molar-refractivity contribution in [2.75, 3.05) is 24.0 Å². The number of hydrogen-bond donors (Lipinski definition) is 0. The first-order valence-electron chi connectivity index (χ1n) is 12.5. The number of aryl methyl sites for hydroxylation is 2. The van der Waals surface area contributed by atoms with Crippen molar-refractivity contribution in [3.8, 4) is 11.5 Å². The zero-order valence-electron chi connectivity index (χ0n) is 24.0. The Hall–Kier alpha value is -1.57. The summed E-state index contributed by atoms with van der Waals surface area (Å²) in [5.41, 5.74) is 3.72. The normalized spacial score (nSPS) is 11.9. The van der Waals surface area contributed by atoms with Crippen molar-refractivity contribution >= 4 is 47.2 Å². The molecule has 0 atom stereocenters. The van der Waals surface area contributed by atoms with E-state index in [0.29, 0.717) is 24.3 Å². The highest BCUT2D eigenvalue weighted by molar-refractivity contribution is 7.99. The van der Waals surface area contributed by atoms with Gasteiger partial charge >= 0.3 is 11.9 Å². The van der Waals surface area contributed by atoms with E-state index in [-0.39, 0.29) is 22.8 Å². The summed E-state index contributed by atoms with van der Waals surface area (Å²) in [6, 6.07) is 8.29. The molecule has 0 fully saturated rings. The molecule has 4 nitrogen and oxygen atoms in total. The van der Waals surface area contributed by atoms with Gasteiger partial charge in [0, 0.05) is 32.4 Å². The molecule has 0 saturated carbocycles. The molecule has 37 heavy (non-hydrogen) atoms. The van der Waals surface area contributed by atoms with Crippen LogP contribution in [0, 0.1) is 13.8 Å². The van der Waals surface area contributed by atoms with Crippen LogP contribution in [-0.4, -0.2) is 36.0 Å². The van der Waals surface area contributed by atoms with Gasteiger partial charge in [0.05, 0.1) is 12.8 Å². The molecule has 2 rings (SSSR count). The Kier molecular flexibility index (Phi) is 11.5. The lowest BCUT2D eigenvalue weighted by atomic mass is 9.85. The second kappa shape index (κ2) is 13.5. The summed E-state index contributed by atoms with van der Waals surface area (Å²) in [6.07, 6.45) is 4.75. The van der Waals surface area contributed by atoms with Crippen LogP contribution in [-0.2, 0) is 20.4 Å². The first-order valence-corrected chi connectivity index (χ1v) is 16.1. The predicted octanol–water partition coefficient (Wildman–Crippen LogP) is 8.37. The van der Waals surface area contributed by atoms with Gasteiger partial charge < -0.3 is 9.47 Å². The van der Waals surface area contributed by atoms with E-state index in [0.717, 1.165) is 43.6 Å². The van der Waals surface area contributed by atoms with Crippen molar-refractivity contribution in [1.82, 2.24) is 0 Å². The van der Waals surface area contributed by atoms with Gasteiger partial charge in [-0.1, -0.05) is 53.3 Å². The second-order valence-corrected chi connectivity index (χ2v) is 14.3. The number of benzene rings is 2. The standard InChI is InChI=1S/C30H42O4S3/c1-19-15-23(33-27(31)11-13-35-9)21(29(3,4)5)17-25(19)37-26-18-22(30(6,7)8)24(16-20(26)2)34-28(32)12-14-36-10/h15-18H,11-14H2,1-10H3. The van der Waals surface area contributed by atoms with E-state index < -0.39 is 0 Å². The van der Waals surface area contributed by atoms with E-state index in [1.165, 1.54) is 0 Å². The van der Waals surface area contributed by atoms with Gasteiger partial charge in [0.2, 0.25) is 0 Å². The summed E-state index contributed by atoms with van der Waals surface area (Å²) in [5.74, 6) is 2.37. The highest BCUT2D eigenvalue weighted by Crippen LogP contribution is 2.43. The lowest BCUT2D eigenvalue weighted by molar-refractivity contribution is -0.134. The molecule has 0 amide bonds. The molecule has 0 aliphatic rings. The van der Waals surface area contributed by atoms with E-state index in [1.54, 1.807) is 35.3 Å². The van der Waals surface area contributed by atoms with E-state index in [4.69, 9.17) is 9.47 Å². The average molecular weight is 563 g/mol. The fourth-order valence-corrected chi connectivity index (χ4v) is 5.49. The molecule has 204 valence electrons. The predicted molar refractivity (Wildman–Crippen MR) is 161 cm³/mol. The van der Waals surface area contributed by atoms with Crippen LogP contribution in [0.15, 0.2) is 34.1 Å². The average Bonchev–Trinajstić information content (AvgIpc) is 2.77. The van der Waals surface area contributed by atoms with Gasteiger partial charge in [-0.2, -0.15) is 23.5 Å². The summed E-state index contributed by atoms with van der Waals surface area (Å²) in [7, 11) is 0. The van der Waals surface area contributed by atoms with Gasteiger partial charge in [0.25, 0.3) is 0 Å². The third-order valence-corrected chi connectivity index (χ3v) is 8.40. The number of hydrogen-bond acceptors (Lipinski definition) is 7. The quantitative estimate of drug-likeness (QED) is 0.213. The number of esters is 2. The smallest absolute Gasteiger partial charge is 0.312 e. The van der Waals surface area contributed by atoms with Crippen LogP contribution in [0.3, 0.4) is 0 Å². The largest absolute Gasteiger partial charge is 0.426 e. The lowest BCUT2D eigenvalue weighted by Crippen LogP contribution is -2.17. The fourth-order valence-electron chi connectivity index (χ4n) is 3.72. The highest BCUT2D eigenvalue weighted by Gasteiger charge is 2.25. The Morgan fingerprint density at radius 1 is 0.676 bits per heavy atom. The van der Waals surface area contributed by atoms with Gasteiger partial charge in [0.15, 0.2) is 0 Å². The van der Waals surface area contributed by atoms with Crippen molar-refractivity contribution in [2.24, 2.45) is 0 Å². The Labute approximate surface area is 236 Å². The summed E-state index contributed by atoms with van der Waals surface area (Å²) >= 11 is 4.97. The zero-order valence-corrected chi connectivity index (χ0v) is 26.4. The number of carbonyl (C=O) groups is 2. The molecule has 2 aromatic rings. The van der Waals surface area contributed by atoms with Crippen LogP contribution in [0.2, 0.25) is 0 Å². The lowest BCUT2D eigenvalue weighted by Gasteiger charge is -2.26. The Bertz CT molecular complexity index is 1020. The molecular weight excluding hydrogens is 521 g/mol. The Morgan fingerprint density at radius 3 is 1.32 bits per heavy atom. The highest BCUT2D eigenvalue weighted by atomic mass is 32.2. The maximum Gasteiger partial charge on any atom is 0.312 e. The fraction of sp³-hybridized carbons (Fsp3) is 0.533. The monoisotopic (exact) mass is 562 g/mol. The molecule has 0 N–H and O–H groups in total. The van der Waals surface area contributed by atoms with Crippen molar-refractivity contribution in [3.63, 3.8) is 0 Å². The van der Waals surface area contributed by atoms with Crippen molar-refractivity contribution in [1.29, 1.82) is 0 Å². The van der Waals surface area contributed by atoms with Crippen LogP contribution in [0.5, 0.6) is 11.5 Å². The van der Waals surface area contributed by atoms with Gasteiger partial charge in [-0.15, -0.1) is 0 Å². The first kappa shape index (κ1) is 31.6. The molecule has 0 aromatic heterocycles. The van der Waals surface area contributed by atoms with E-state index in [1.807, 2.05) is 24.6 Å². The van der Waals surface area contributed by atoms with Gasteiger partial charge in [0.1, 0.15) is 11.5 Å². The van der Waals surface area contributed by atoms with E-state index in [9.17, 15) is 9.59 Å². The zero-order chi connectivity index (χ0) is 28.0. The molecule has 2 aromatic carbocycles. The Morgan fingerprint density at radius 2 is 1.03 bits per heavy atom. The van der Waals surface area contributed by atoms with E-state index >= 15 is 0 Å². The number of ether oxygens (including phenoxy) is 2. The van der Waals surface area contributed by atoms with Crippen molar-refractivity contribution in [3.05, 3.63) is 46.5 Å². The number of thioether (sulfide) groups is 2. The maximum absolute atomic E-state index is 12.4. The molecule has 0 spiro atoms. The minimum atomic E-state index is -0.201. The number of rotatable bonds is 10. The summed E-state index contributed by atoms with van der Waals surface area (Å²) in [5, 5.41) is 0. The molecule has 0 saturated heterocycles. The van der Waals surface area contributed by atoms with Crippen LogP contribution >= 0.6 is 35.3 Å². The van der Waals surface area contributed by atoms with Crippen LogP contribution in [0.1, 0.15) is 76.6 Å². The van der Waals surface area contributed by atoms with E-state index in [2.05, 4.69) is 67.5 Å². The molecule has 0 bridgehead atoms. The van der Waals surface area contributed by atoms with Crippen molar-refractivity contribution < 1.29 is 19.1 Å². The van der Waals surface area contributed by atoms with Crippen LogP contribution in [0.25, 0.3) is 0 Å². The minimum absolute atomic E-state index is 0.196. The first-order chi connectivity index (χ1) is 17.2. The van der Waals surface area contributed by atoms with Crippen LogP contribution in [0.4, 0.5) is 0 Å². The van der Waals surface area contributed by atoms with Gasteiger partial charge in [-0.05, 0) is 72.6 Å². The van der Waals surface area contributed by atoms with Gasteiger partial charge in [-0.25, -0.2) is 0 Å². The molecular formula is C30H42O4S3. The Balaban J connectivity index is 2.48. The third-order valence-electron chi connectivity index (χ3n) is 5.86. The molecule has 0 radical (unpaired) electrons. The number of carbonyl (C=O) groups excluding carboxylic acids is 2. The summed E-state index contributed by atoms with van der Waals surface area (Å²) in [6.45, 7) is 16.9. The van der Waals surface area contributed by atoms with Crippen LogP contribution < -0.4 is 9.47 Å².